The second-order valence-corrected chi connectivity index (χ2v) is 2.39. The Labute approximate surface area is 57.7 Å². The molecule has 1 radical (unpaired) electrons. The first kappa shape index (κ1) is 8.55. The van der Waals surface area contributed by atoms with Crippen molar-refractivity contribution in [3.63, 3.8) is 0 Å². The quantitative estimate of drug-likeness (QED) is 0.330. The molecule has 0 saturated heterocycles. The van der Waals surface area contributed by atoms with Gasteiger partial charge in [-0.05, 0) is 12.7 Å². The zero-order valence-corrected chi connectivity index (χ0v) is 5.73. The van der Waals surface area contributed by atoms with E-state index < -0.39 is 5.09 Å². The molecule has 0 bridgehead atoms. The molecule has 0 rings (SSSR count). The van der Waals surface area contributed by atoms with Gasteiger partial charge in [-0.2, -0.15) is 11.8 Å². The van der Waals surface area contributed by atoms with E-state index in [0.29, 0.717) is 5.75 Å². The van der Waals surface area contributed by atoms with Crippen molar-refractivity contribution < 1.29 is 9.92 Å². The Morgan fingerprint density at radius 2 is 2.44 bits per heavy atom. The van der Waals surface area contributed by atoms with Crippen LogP contribution in [0.1, 0.15) is 0 Å². The van der Waals surface area contributed by atoms with E-state index >= 15 is 0 Å². The molecular weight excluding hydrogens is 142 g/mol. The lowest BCUT2D eigenvalue weighted by Gasteiger charge is -1.94. The number of thioether (sulfide) groups is 1. The molecule has 0 aliphatic carbocycles. The Morgan fingerprint density at radius 3 is 2.89 bits per heavy atom. The number of nitrogens with zero attached hydrogens (tertiary/aromatic N) is 1. The minimum atomic E-state index is -0.788. The maximum absolute atomic E-state index is 9.52. The summed E-state index contributed by atoms with van der Waals surface area (Å²) in [5.41, 5.74) is 0. The van der Waals surface area contributed by atoms with Crippen LogP contribution in [0.4, 0.5) is 0 Å². The smallest absolute Gasteiger partial charge is 0.294 e. The molecule has 0 aromatic rings. The van der Waals surface area contributed by atoms with Crippen LogP contribution in [0.25, 0.3) is 0 Å². The fraction of sp³-hybridized carbons (Fsp3) is 0.750. The van der Waals surface area contributed by atoms with Crippen LogP contribution < -0.4 is 0 Å². The molecule has 0 N–H and O–H groups in total. The fourth-order valence-electron chi connectivity index (χ4n) is 0.273. The molecule has 0 spiro atoms. The van der Waals surface area contributed by atoms with Crippen LogP contribution in [0.5, 0.6) is 0 Å². The van der Waals surface area contributed by atoms with E-state index in [4.69, 9.17) is 0 Å². The van der Waals surface area contributed by atoms with Gasteiger partial charge in [0.15, 0.2) is 0 Å². The first-order valence-corrected chi connectivity index (χ1v) is 3.57. The van der Waals surface area contributed by atoms with Gasteiger partial charge in [0, 0.05) is 5.75 Å². The highest BCUT2D eigenvalue weighted by Crippen LogP contribution is 1.96. The third-order valence-electron chi connectivity index (χ3n) is 0.569. The lowest BCUT2D eigenvalue weighted by atomic mass is 10.9. The SMILES string of the molecule is [CH2]CSCCO[N+](=O)[O-]. The van der Waals surface area contributed by atoms with Crippen molar-refractivity contribution in [3.8, 4) is 0 Å². The van der Waals surface area contributed by atoms with Gasteiger partial charge in [0.1, 0.15) is 6.61 Å². The largest absolute Gasteiger partial charge is 0.313 e. The number of hydrogen-bond acceptors (Lipinski definition) is 4. The van der Waals surface area contributed by atoms with Gasteiger partial charge < -0.3 is 4.84 Å². The Balaban J connectivity index is 2.83. The van der Waals surface area contributed by atoms with Crippen LogP contribution in [0.2, 0.25) is 0 Å². The molecule has 0 aromatic carbocycles. The number of rotatable bonds is 5. The average Bonchev–Trinajstić information content (AvgIpc) is 1.80. The third kappa shape index (κ3) is 7.55. The topological polar surface area (TPSA) is 52.4 Å². The molecule has 0 atom stereocenters. The zero-order valence-electron chi connectivity index (χ0n) is 4.91. The summed E-state index contributed by atoms with van der Waals surface area (Å²) in [4.78, 5) is 13.5. The highest BCUT2D eigenvalue weighted by atomic mass is 32.2. The molecule has 9 heavy (non-hydrogen) atoms. The van der Waals surface area contributed by atoms with Crippen molar-refractivity contribution in [2.75, 3.05) is 18.1 Å². The normalized spacial score (nSPS) is 9.00. The van der Waals surface area contributed by atoms with Crippen LogP contribution in [0, 0.1) is 17.0 Å². The summed E-state index contributed by atoms with van der Waals surface area (Å²) >= 11 is 1.51. The predicted octanol–water partition coefficient (Wildman–Crippen LogP) is 0.762. The van der Waals surface area contributed by atoms with Crippen LogP contribution >= 0.6 is 11.8 Å². The van der Waals surface area contributed by atoms with Gasteiger partial charge in [0.2, 0.25) is 0 Å². The van der Waals surface area contributed by atoms with E-state index in [0.717, 1.165) is 5.75 Å². The molecule has 0 aliphatic heterocycles. The van der Waals surface area contributed by atoms with E-state index in [2.05, 4.69) is 11.8 Å². The van der Waals surface area contributed by atoms with Crippen molar-refractivity contribution >= 4 is 11.8 Å². The van der Waals surface area contributed by atoms with Crippen molar-refractivity contribution in [2.24, 2.45) is 0 Å². The van der Waals surface area contributed by atoms with Gasteiger partial charge >= 0.3 is 0 Å². The fourth-order valence-corrected chi connectivity index (χ4v) is 0.669. The van der Waals surface area contributed by atoms with E-state index in [1.54, 1.807) is 0 Å². The summed E-state index contributed by atoms with van der Waals surface area (Å²) in [6, 6.07) is 0. The van der Waals surface area contributed by atoms with Crippen molar-refractivity contribution in [3.05, 3.63) is 17.0 Å². The van der Waals surface area contributed by atoms with Gasteiger partial charge in [0.25, 0.3) is 5.09 Å². The summed E-state index contributed by atoms with van der Waals surface area (Å²) in [5, 5.41) is 8.73. The van der Waals surface area contributed by atoms with Crippen LogP contribution in [-0.2, 0) is 4.84 Å². The number of hydrogen-bond donors (Lipinski definition) is 0. The van der Waals surface area contributed by atoms with Gasteiger partial charge in [-0.1, -0.05) is 0 Å². The molecule has 0 unspecified atom stereocenters. The highest BCUT2D eigenvalue weighted by Gasteiger charge is 1.91. The van der Waals surface area contributed by atoms with E-state index in [9.17, 15) is 10.1 Å². The average molecular weight is 150 g/mol. The Hall–Kier alpha value is -0.450. The summed E-state index contributed by atoms with van der Waals surface area (Å²) in [6.45, 7) is 3.70. The van der Waals surface area contributed by atoms with Gasteiger partial charge in [0.05, 0.1) is 0 Å². The first-order chi connectivity index (χ1) is 4.27. The van der Waals surface area contributed by atoms with Crippen LogP contribution in [-0.4, -0.2) is 23.2 Å². The highest BCUT2D eigenvalue weighted by molar-refractivity contribution is 7.99. The molecule has 53 valence electrons. The van der Waals surface area contributed by atoms with Gasteiger partial charge in [-0.3, -0.25) is 0 Å². The summed E-state index contributed by atoms with van der Waals surface area (Å²) in [7, 11) is 0. The standard InChI is InChI=1S/C4H8NO3S/c1-2-9-4-3-8-5(6)7/h1-4H2. The third-order valence-corrected chi connectivity index (χ3v) is 1.31. The second kappa shape index (κ2) is 5.68. The molecule has 0 aromatic heterocycles. The maximum atomic E-state index is 9.52. The summed E-state index contributed by atoms with van der Waals surface area (Å²) < 4.78 is 0. The Kier molecular flexibility index (Phi) is 5.40. The molecule has 0 amide bonds. The Morgan fingerprint density at radius 1 is 1.78 bits per heavy atom. The van der Waals surface area contributed by atoms with Crippen LogP contribution in [0.15, 0.2) is 0 Å². The summed E-state index contributed by atoms with van der Waals surface area (Å²) in [6.07, 6.45) is 0. The van der Waals surface area contributed by atoms with E-state index in [1.165, 1.54) is 11.8 Å². The van der Waals surface area contributed by atoms with E-state index in [1.807, 2.05) is 0 Å². The molecule has 0 saturated carbocycles. The molecule has 4 nitrogen and oxygen atoms in total. The summed E-state index contributed by atoms with van der Waals surface area (Å²) in [5.74, 6) is 1.35. The molecule has 0 fully saturated rings. The minimum Gasteiger partial charge on any atom is -0.313 e. The molecular formula is C4H8NO3S. The van der Waals surface area contributed by atoms with Crippen LogP contribution in [0.3, 0.4) is 0 Å². The van der Waals surface area contributed by atoms with E-state index in [-0.39, 0.29) is 6.61 Å². The predicted molar refractivity (Wildman–Crippen MR) is 35.6 cm³/mol. The Bertz CT molecular complexity index is 87.9. The lowest BCUT2D eigenvalue weighted by Crippen LogP contribution is -2.03. The molecule has 5 heteroatoms. The monoisotopic (exact) mass is 150 g/mol. The van der Waals surface area contributed by atoms with Gasteiger partial charge in [-0.25, -0.2) is 0 Å². The zero-order chi connectivity index (χ0) is 7.11. The maximum Gasteiger partial charge on any atom is 0.294 e. The second-order valence-electron chi connectivity index (χ2n) is 1.17. The molecule has 0 aliphatic rings. The van der Waals surface area contributed by atoms with Gasteiger partial charge in [-0.15, -0.1) is 10.1 Å². The lowest BCUT2D eigenvalue weighted by molar-refractivity contribution is -0.756. The molecule has 0 heterocycles. The van der Waals surface area contributed by atoms with Crippen molar-refractivity contribution in [1.29, 1.82) is 0 Å². The minimum absolute atomic E-state index is 0.160. The first-order valence-electron chi connectivity index (χ1n) is 2.41. The van der Waals surface area contributed by atoms with Crippen molar-refractivity contribution in [2.45, 2.75) is 0 Å². The van der Waals surface area contributed by atoms with Crippen molar-refractivity contribution in [1.82, 2.24) is 0 Å².